The molecule has 2 aromatic carbocycles. The van der Waals surface area contributed by atoms with Gasteiger partial charge in [0.15, 0.2) is 0 Å². The standard InChI is InChI=1S/C21H18FN3OS2/c1-14(15-5-3-2-4-6-15)11-19-24-25-21(26-19)28-13-18-12-27-20(23-18)16-7-9-17(22)10-8-16/h2-10,12,14H,11,13H2,1H3. The van der Waals surface area contributed by atoms with Crippen molar-refractivity contribution in [1.29, 1.82) is 0 Å². The van der Waals surface area contributed by atoms with Gasteiger partial charge >= 0.3 is 0 Å². The van der Waals surface area contributed by atoms with E-state index in [4.69, 9.17) is 4.42 Å². The fraction of sp³-hybridized carbons (Fsp3) is 0.190. The molecule has 0 aliphatic heterocycles. The van der Waals surface area contributed by atoms with Crippen molar-refractivity contribution in [3.05, 3.63) is 82.9 Å². The fourth-order valence-corrected chi connectivity index (χ4v) is 4.38. The molecular weight excluding hydrogens is 393 g/mol. The number of aromatic nitrogens is 3. The van der Waals surface area contributed by atoms with Crippen LogP contribution in [0.4, 0.5) is 4.39 Å². The van der Waals surface area contributed by atoms with E-state index in [9.17, 15) is 4.39 Å². The van der Waals surface area contributed by atoms with E-state index in [0.717, 1.165) is 16.3 Å². The topological polar surface area (TPSA) is 51.8 Å². The highest BCUT2D eigenvalue weighted by Gasteiger charge is 2.13. The van der Waals surface area contributed by atoms with Gasteiger partial charge in [-0.1, -0.05) is 49.0 Å². The van der Waals surface area contributed by atoms with Crippen molar-refractivity contribution in [2.45, 2.75) is 30.2 Å². The van der Waals surface area contributed by atoms with E-state index in [-0.39, 0.29) is 5.82 Å². The third kappa shape index (κ3) is 4.66. The molecule has 28 heavy (non-hydrogen) atoms. The highest BCUT2D eigenvalue weighted by molar-refractivity contribution is 7.98. The van der Waals surface area contributed by atoms with Gasteiger partial charge in [-0.15, -0.1) is 21.5 Å². The predicted octanol–water partition coefficient (Wildman–Crippen LogP) is 5.97. The van der Waals surface area contributed by atoms with Gasteiger partial charge in [0.2, 0.25) is 5.89 Å². The van der Waals surface area contributed by atoms with E-state index < -0.39 is 0 Å². The summed E-state index contributed by atoms with van der Waals surface area (Å²) in [4.78, 5) is 4.61. The molecule has 4 rings (SSSR count). The van der Waals surface area contributed by atoms with Crippen LogP contribution < -0.4 is 0 Å². The third-order valence-electron chi connectivity index (χ3n) is 4.28. The van der Waals surface area contributed by atoms with E-state index in [2.05, 4.69) is 34.2 Å². The average Bonchev–Trinajstić information content (AvgIpc) is 3.37. The van der Waals surface area contributed by atoms with Crippen LogP contribution >= 0.6 is 23.1 Å². The molecule has 0 spiro atoms. The summed E-state index contributed by atoms with van der Waals surface area (Å²) in [6, 6.07) is 16.7. The van der Waals surface area contributed by atoms with Crippen molar-refractivity contribution in [2.24, 2.45) is 0 Å². The Bertz CT molecular complexity index is 1030. The average molecular weight is 412 g/mol. The molecule has 1 unspecified atom stereocenters. The Balaban J connectivity index is 1.34. The fourth-order valence-electron chi connectivity index (χ4n) is 2.77. The van der Waals surface area contributed by atoms with Crippen LogP contribution in [0, 0.1) is 5.82 Å². The molecular formula is C21H18FN3OS2. The molecule has 0 aliphatic carbocycles. The summed E-state index contributed by atoms with van der Waals surface area (Å²) >= 11 is 3.01. The van der Waals surface area contributed by atoms with Crippen LogP contribution in [-0.2, 0) is 12.2 Å². The van der Waals surface area contributed by atoms with Gasteiger partial charge in [-0.2, -0.15) is 0 Å². The number of hydrogen-bond donors (Lipinski definition) is 0. The third-order valence-corrected chi connectivity index (χ3v) is 6.08. The monoisotopic (exact) mass is 411 g/mol. The number of thioether (sulfide) groups is 1. The number of hydrogen-bond acceptors (Lipinski definition) is 6. The Hall–Kier alpha value is -2.51. The van der Waals surface area contributed by atoms with Crippen LogP contribution in [0.15, 0.2) is 69.6 Å². The molecule has 7 heteroatoms. The normalized spacial score (nSPS) is 12.2. The summed E-state index contributed by atoms with van der Waals surface area (Å²) in [6.45, 7) is 2.15. The maximum absolute atomic E-state index is 13.0. The van der Waals surface area contributed by atoms with Gasteiger partial charge < -0.3 is 4.42 Å². The summed E-state index contributed by atoms with van der Waals surface area (Å²) in [5, 5.41) is 11.7. The molecule has 142 valence electrons. The van der Waals surface area contributed by atoms with Crippen molar-refractivity contribution >= 4 is 23.1 Å². The highest BCUT2D eigenvalue weighted by atomic mass is 32.2. The maximum atomic E-state index is 13.0. The highest BCUT2D eigenvalue weighted by Crippen LogP contribution is 2.28. The minimum Gasteiger partial charge on any atom is -0.416 e. The summed E-state index contributed by atoms with van der Waals surface area (Å²) in [5.74, 6) is 1.36. The molecule has 4 aromatic rings. The minimum absolute atomic E-state index is 0.245. The van der Waals surface area contributed by atoms with Crippen LogP contribution in [0.25, 0.3) is 10.6 Å². The first-order valence-electron chi connectivity index (χ1n) is 8.88. The lowest BCUT2D eigenvalue weighted by Gasteiger charge is -2.08. The Morgan fingerprint density at radius 3 is 2.64 bits per heavy atom. The molecule has 0 radical (unpaired) electrons. The van der Waals surface area contributed by atoms with Crippen LogP contribution in [0.2, 0.25) is 0 Å². The van der Waals surface area contributed by atoms with Gasteiger partial charge in [-0.3, -0.25) is 0 Å². The lowest BCUT2D eigenvalue weighted by molar-refractivity contribution is 0.404. The largest absolute Gasteiger partial charge is 0.416 e. The SMILES string of the molecule is CC(Cc1nnc(SCc2csc(-c3ccc(F)cc3)n2)o1)c1ccccc1. The molecule has 0 bridgehead atoms. The van der Waals surface area contributed by atoms with Crippen molar-refractivity contribution in [3.63, 3.8) is 0 Å². The van der Waals surface area contributed by atoms with E-state index in [1.54, 1.807) is 23.5 Å². The lowest BCUT2D eigenvalue weighted by atomic mass is 9.98. The first kappa shape index (κ1) is 18.8. The zero-order chi connectivity index (χ0) is 19.3. The number of benzene rings is 2. The molecule has 0 aliphatic rings. The van der Waals surface area contributed by atoms with E-state index in [1.807, 2.05) is 23.6 Å². The maximum Gasteiger partial charge on any atom is 0.276 e. The van der Waals surface area contributed by atoms with Crippen molar-refractivity contribution in [3.8, 4) is 10.6 Å². The van der Waals surface area contributed by atoms with Crippen molar-refractivity contribution < 1.29 is 8.81 Å². The summed E-state index contributed by atoms with van der Waals surface area (Å²) in [7, 11) is 0. The first-order valence-corrected chi connectivity index (χ1v) is 10.7. The van der Waals surface area contributed by atoms with Crippen molar-refractivity contribution in [2.75, 3.05) is 0 Å². The van der Waals surface area contributed by atoms with Crippen LogP contribution in [0.5, 0.6) is 0 Å². The zero-order valence-electron chi connectivity index (χ0n) is 15.2. The number of rotatable bonds is 7. The smallest absolute Gasteiger partial charge is 0.276 e. The quantitative estimate of drug-likeness (QED) is 0.351. The summed E-state index contributed by atoms with van der Waals surface area (Å²) in [5.41, 5.74) is 3.11. The minimum atomic E-state index is -0.245. The van der Waals surface area contributed by atoms with E-state index in [0.29, 0.717) is 29.2 Å². The van der Waals surface area contributed by atoms with E-state index in [1.165, 1.54) is 29.5 Å². The van der Waals surface area contributed by atoms with Gasteiger partial charge in [0.25, 0.3) is 5.22 Å². The second-order valence-electron chi connectivity index (χ2n) is 6.42. The van der Waals surface area contributed by atoms with E-state index >= 15 is 0 Å². The Morgan fingerprint density at radius 2 is 1.86 bits per heavy atom. The number of halogens is 1. The summed E-state index contributed by atoms with van der Waals surface area (Å²) < 4.78 is 18.8. The molecule has 0 N–H and O–H groups in total. The molecule has 0 saturated heterocycles. The Morgan fingerprint density at radius 1 is 1.07 bits per heavy atom. The van der Waals surface area contributed by atoms with Crippen LogP contribution in [0.1, 0.15) is 30.0 Å². The Labute approximate surface area is 170 Å². The molecule has 1 atom stereocenters. The number of nitrogens with zero attached hydrogens (tertiary/aromatic N) is 3. The summed E-state index contributed by atoms with van der Waals surface area (Å²) in [6.07, 6.45) is 0.711. The lowest BCUT2D eigenvalue weighted by Crippen LogP contribution is -1.98. The van der Waals surface area contributed by atoms with Gasteiger partial charge in [0, 0.05) is 23.1 Å². The molecule has 0 amide bonds. The zero-order valence-corrected chi connectivity index (χ0v) is 16.8. The van der Waals surface area contributed by atoms with Gasteiger partial charge in [-0.05, 0) is 35.7 Å². The first-order chi connectivity index (χ1) is 13.7. The van der Waals surface area contributed by atoms with Crippen LogP contribution in [0.3, 0.4) is 0 Å². The van der Waals surface area contributed by atoms with Gasteiger partial charge in [0.1, 0.15) is 10.8 Å². The molecule has 2 aromatic heterocycles. The van der Waals surface area contributed by atoms with Gasteiger partial charge in [-0.25, -0.2) is 9.37 Å². The van der Waals surface area contributed by atoms with Crippen molar-refractivity contribution in [1.82, 2.24) is 15.2 Å². The second-order valence-corrected chi connectivity index (χ2v) is 8.20. The second kappa shape index (κ2) is 8.67. The predicted molar refractivity (Wildman–Crippen MR) is 110 cm³/mol. The number of thiazole rings is 1. The van der Waals surface area contributed by atoms with Crippen LogP contribution in [-0.4, -0.2) is 15.2 Å². The molecule has 0 fully saturated rings. The molecule has 4 nitrogen and oxygen atoms in total. The van der Waals surface area contributed by atoms with Gasteiger partial charge in [0.05, 0.1) is 5.69 Å². The Kier molecular flexibility index (Phi) is 5.83. The molecule has 2 heterocycles. The molecule has 0 saturated carbocycles.